The Morgan fingerprint density at radius 1 is 1.30 bits per heavy atom. The second kappa shape index (κ2) is 5.53. The van der Waals surface area contributed by atoms with Gasteiger partial charge in [0.1, 0.15) is 23.6 Å². The lowest BCUT2D eigenvalue weighted by Gasteiger charge is -2.06. The predicted octanol–water partition coefficient (Wildman–Crippen LogP) is 1.11. The van der Waals surface area contributed by atoms with Crippen molar-refractivity contribution in [1.29, 1.82) is 0 Å². The quantitative estimate of drug-likeness (QED) is 0.771. The van der Waals surface area contributed by atoms with Crippen LogP contribution in [-0.4, -0.2) is 33.0 Å². The zero-order chi connectivity index (χ0) is 14.9. The Kier molecular flexibility index (Phi) is 4.14. The fourth-order valence-corrected chi connectivity index (χ4v) is 3.65. The number of aryl methyl sites for hydroxylation is 2. The third-order valence-corrected chi connectivity index (χ3v) is 4.51. The summed E-state index contributed by atoms with van der Waals surface area (Å²) in [5.41, 5.74) is 1.08. The summed E-state index contributed by atoms with van der Waals surface area (Å²) in [6.45, 7) is 4.08. The maximum absolute atomic E-state index is 11.8. The largest absolute Gasteiger partial charge is 0.264 e. The average molecular weight is 318 g/mol. The Morgan fingerprint density at radius 2 is 2.00 bits per heavy atom. The molecular weight excluding hydrogens is 302 g/mol. The van der Waals surface area contributed by atoms with E-state index in [0.29, 0.717) is 36.6 Å². The standard InChI is InChI=1S/C11H16ClN5O2S/c1-4-8-11(20(12,18)19)9(5-2)17(15-8)6-10-13-7-14-16(10)3/h7H,4-6H2,1-3H3. The van der Waals surface area contributed by atoms with Crippen molar-refractivity contribution in [3.05, 3.63) is 23.5 Å². The lowest BCUT2D eigenvalue weighted by atomic mass is 10.2. The van der Waals surface area contributed by atoms with E-state index < -0.39 is 9.05 Å². The molecule has 2 aromatic heterocycles. The summed E-state index contributed by atoms with van der Waals surface area (Å²) in [5, 5.41) is 8.34. The number of hydrogen-bond donors (Lipinski definition) is 0. The first-order valence-electron chi connectivity index (χ1n) is 6.24. The SMILES string of the molecule is CCc1nn(Cc2ncnn2C)c(CC)c1S(=O)(=O)Cl. The van der Waals surface area contributed by atoms with Crippen LogP contribution in [0.5, 0.6) is 0 Å². The molecule has 0 fully saturated rings. The lowest BCUT2D eigenvalue weighted by Crippen LogP contribution is -2.11. The first-order chi connectivity index (χ1) is 9.38. The summed E-state index contributed by atoms with van der Waals surface area (Å²) in [6, 6.07) is 0. The van der Waals surface area contributed by atoms with Crippen LogP contribution in [0.25, 0.3) is 0 Å². The van der Waals surface area contributed by atoms with Crippen molar-refractivity contribution < 1.29 is 8.42 Å². The van der Waals surface area contributed by atoms with Crippen molar-refractivity contribution in [2.45, 2.75) is 38.1 Å². The molecule has 0 radical (unpaired) electrons. The normalized spacial score (nSPS) is 12.0. The third kappa shape index (κ3) is 2.71. The van der Waals surface area contributed by atoms with Gasteiger partial charge in [-0.15, -0.1) is 0 Å². The highest BCUT2D eigenvalue weighted by molar-refractivity contribution is 8.13. The summed E-state index contributed by atoms with van der Waals surface area (Å²) in [7, 11) is 3.50. The summed E-state index contributed by atoms with van der Waals surface area (Å²) in [6.07, 6.45) is 2.47. The average Bonchev–Trinajstić information content (AvgIpc) is 2.93. The van der Waals surface area contributed by atoms with Crippen molar-refractivity contribution in [2.24, 2.45) is 7.05 Å². The second-order valence-electron chi connectivity index (χ2n) is 4.32. The summed E-state index contributed by atoms with van der Waals surface area (Å²) in [5.74, 6) is 0.698. The highest BCUT2D eigenvalue weighted by Gasteiger charge is 2.25. The van der Waals surface area contributed by atoms with Gasteiger partial charge in [0.2, 0.25) is 0 Å². The van der Waals surface area contributed by atoms with Gasteiger partial charge in [0.05, 0.1) is 11.4 Å². The molecule has 0 unspecified atom stereocenters. The molecule has 2 rings (SSSR count). The molecule has 0 aliphatic heterocycles. The van der Waals surface area contributed by atoms with Gasteiger partial charge in [0.15, 0.2) is 0 Å². The predicted molar refractivity (Wildman–Crippen MR) is 74.1 cm³/mol. The summed E-state index contributed by atoms with van der Waals surface area (Å²) >= 11 is 0. The molecule has 2 aromatic rings. The molecule has 0 aromatic carbocycles. The zero-order valence-corrected chi connectivity index (χ0v) is 13.1. The Bertz CT molecular complexity index is 719. The number of aromatic nitrogens is 5. The molecule has 0 saturated heterocycles. The van der Waals surface area contributed by atoms with Crippen LogP contribution in [0.2, 0.25) is 0 Å². The Balaban J connectivity index is 2.55. The smallest absolute Gasteiger partial charge is 0.260 e. The van der Waals surface area contributed by atoms with Gasteiger partial charge < -0.3 is 0 Å². The molecule has 0 aliphatic rings. The maximum Gasteiger partial charge on any atom is 0.264 e. The molecule has 0 amide bonds. The fraction of sp³-hybridized carbons (Fsp3) is 0.545. The van der Waals surface area contributed by atoms with Crippen molar-refractivity contribution in [2.75, 3.05) is 0 Å². The van der Waals surface area contributed by atoms with Crippen molar-refractivity contribution in [3.63, 3.8) is 0 Å². The van der Waals surface area contributed by atoms with Crippen molar-refractivity contribution >= 4 is 19.7 Å². The fourth-order valence-electron chi connectivity index (χ4n) is 2.12. The Hall–Kier alpha value is -1.41. The van der Waals surface area contributed by atoms with Crippen molar-refractivity contribution in [3.8, 4) is 0 Å². The first-order valence-corrected chi connectivity index (χ1v) is 8.55. The van der Waals surface area contributed by atoms with E-state index in [1.807, 2.05) is 13.8 Å². The molecule has 9 heteroatoms. The highest BCUT2D eigenvalue weighted by Crippen LogP contribution is 2.25. The molecule has 7 nitrogen and oxygen atoms in total. The van der Waals surface area contributed by atoms with E-state index in [1.54, 1.807) is 16.4 Å². The lowest BCUT2D eigenvalue weighted by molar-refractivity contribution is 0.580. The van der Waals surface area contributed by atoms with Crippen LogP contribution in [-0.2, 0) is 35.5 Å². The summed E-state index contributed by atoms with van der Waals surface area (Å²) < 4.78 is 26.8. The van der Waals surface area contributed by atoms with Gasteiger partial charge in [-0.2, -0.15) is 10.2 Å². The number of halogens is 1. The van der Waals surface area contributed by atoms with Gasteiger partial charge in [-0.25, -0.2) is 13.4 Å². The molecule has 0 aliphatic carbocycles. The van der Waals surface area contributed by atoms with Gasteiger partial charge in [0, 0.05) is 17.7 Å². The van der Waals surface area contributed by atoms with E-state index in [0.717, 1.165) is 0 Å². The van der Waals surface area contributed by atoms with Crippen molar-refractivity contribution in [1.82, 2.24) is 24.5 Å². The topological polar surface area (TPSA) is 82.7 Å². The Labute approximate surface area is 122 Å². The molecule has 0 atom stereocenters. The molecule has 0 spiro atoms. The molecule has 20 heavy (non-hydrogen) atoms. The molecule has 0 bridgehead atoms. The van der Waals surface area contributed by atoms with Crippen LogP contribution in [0.15, 0.2) is 11.2 Å². The summed E-state index contributed by atoms with van der Waals surface area (Å²) in [4.78, 5) is 4.25. The zero-order valence-electron chi connectivity index (χ0n) is 11.5. The van der Waals surface area contributed by atoms with Gasteiger partial charge in [0.25, 0.3) is 9.05 Å². The first kappa shape index (κ1) is 15.0. The van der Waals surface area contributed by atoms with Crippen LogP contribution in [0.1, 0.15) is 31.1 Å². The molecule has 0 N–H and O–H groups in total. The van der Waals surface area contributed by atoms with Crippen LogP contribution in [0.3, 0.4) is 0 Å². The highest BCUT2D eigenvalue weighted by atomic mass is 35.7. The van der Waals surface area contributed by atoms with E-state index >= 15 is 0 Å². The van der Waals surface area contributed by atoms with Crippen LogP contribution in [0.4, 0.5) is 0 Å². The van der Waals surface area contributed by atoms with E-state index in [1.165, 1.54) is 6.33 Å². The van der Waals surface area contributed by atoms with Gasteiger partial charge in [-0.3, -0.25) is 9.36 Å². The van der Waals surface area contributed by atoms with E-state index in [9.17, 15) is 8.42 Å². The number of rotatable bonds is 5. The minimum Gasteiger partial charge on any atom is -0.260 e. The maximum atomic E-state index is 11.8. The number of nitrogens with zero attached hydrogens (tertiary/aromatic N) is 5. The Morgan fingerprint density at radius 3 is 2.45 bits per heavy atom. The molecule has 110 valence electrons. The van der Waals surface area contributed by atoms with Gasteiger partial charge >= 0.3 is 0 Å². The van der Waals surface area contributed by atoms with Gasteiger partial charge in [-0.05, 0) is 12.8 Å². The molecule has 2 heterocycles. The third-order valence-electron chi connectivity index (χ3n) is 3.09. The monoisotopic (exact) mass is 317 g/mol. The molecular formula is C11H16ClN5O2S. The van der Waals surface area contributed by atoms with Crippen LogP contribution in [0, 0.1) is 0 Å². The van der Waals surface area contributed by atoms with Crippen LogP contribution < -0.4 is 0 Å². The van der Waals surface area contributed by atoms with E-state index in [2.05, 4.69) is 15.2 Å². The van der Waals surface area contributed by atoms with Gasteiger partial charge in [-0.1, -0.05) is 13.8 Å². The second-order valence-corrected chi connectivity index (χ2v) is 6.83. The minimum atomic E-state index is -3.81. The minimum absolute atomic E-state index is 0.131. The van der Waals surface area contributed by atoms with Crippen LogP contribution >= 0.6 is 10.7 Å². The van der Waals surface area contributed by atoms with E-state index in [4.69, 9.17) is 10.7 Å². The molecule has 0 saturated carbocycles. The number of hydrogen-bond acceptors (Lipinski definition) is 5. The van der Waals surface area contributed by atoms with E-state index in [-0.39, 0.29) is 4.90 Å².